The number of aryl methyl sites for hydroxylation is 2. The molecule has 29 heavy (non-hydrogen) atoms. The maximum absolute atomic E-state index is 5.56. The van der Waals surface area contributed by atoms with Crippen molar-refractivity contribution in [3.8, 4) is 17.2 Å². The zero-order valence-electron chi connectivity index (χ0n) is 18.4. The van der Waals surface area contributed by atoms with Gasteiger partial charge in [0, 0.05) is 18.7 Å². The van der Waals surface area contributed by atoms with Crippen molar-refractivity contribution in [1.29, 1.82) is 0 Å². The lowest BCUT2D eigenvalue weighted by atomic mass is 10.1. The Morgan fingerprint density at radius 2 is 1.62 bits per heavy atom. The van der Waals surface area contributed by atoms with E-state index in [4.69, 9.17) is 19.2 Å². The Morgan fingerprint density at radius 3 is 2.24 bits per heavy atom. The van der Waals surface area contributed by atoms with Gasteiger partial charge in [-0.15, -0.1) is 0 Å². The molecule has 2 N–H and O–H groups in total. The first-order chi connectivity index (χ1) is 14.0. The van der Waals surface area contributed by atoms with Crippen LogP contribution in [0.4, 0.5) is 0 Å². The van der Waals surface area contributed by atoms with E-state index in [1.165, 1.54) is 16.7 Å². The van der Waals surface area contributed by atoms with Crippen LogP contribution in [0.25, 0.3) is 0 Å². The lowest BCUT2D eigenvalue weighted by molar-refractivity contribution is 0.322. The van der Waals surface area contributed by atoms with E-state index in [1.54, 1.807) is 21.3 Å². The summed E-state index contributed by atoms with van der Waals surface area (Å²) >= 11 is 0. The summed E-state index contributed by atoms with van der Waals surface area (Å²) in [5, 5.41) is 6.70. The molecule has 6 heteroatoms. The maximum Gasteiger partial charge on any atom is 0.203 e. The number of aliphatic imine (C=N–C) groups is 1. The number of nitrogens with one attached hydrogen (secondary N) is 2. The third kappa shape index (κ3) is 6.04. The van der Waals surface area contributed by atoms with Crippen molar-refractivity contribution in [3.63, 3.8) is 0 Å². The SMILES string of the molecule is CCNC(=NCc1ccc(C)cc1C)NCCc1ccc(OC)c(OC)c1OC. The first-order valence-electron chi connectivity index (χ1n) is 9.90. The number of rotatable bonds is 9. The molecular formula is C23H33N3O3. The first-order valence-corrected chi connectivity index (χ1v) is 9.90. The molecule has 0 aromatic heterocycles. The highest BCUT2D eigenvalue weighted by Crippen LogP contribution is 2.39. The molecule has 0 radical (unpaired) electrons. The van der Waals surface area contributed by atoms with Gasteiger partial charge in [0.1, 0.15) is 0 Å². The van der Waals surface area contributed by atoms with Crippen LogP contribution in [0.3, 0.4) is 0 Å². The minimum Gasteiger partial charge on any atom is -0.493 e. The molecule has 0 aliphatic heterocycles. The highest BCUT2D eigenvalue weighted by molar-refractivity contribution is 5.79. The van der Waals surface area contributed by atoms with Crippen molar-refractivity contribution in [2.75, 3.05) is 34.4 Å². The molecule has 0 fully saturated rings. The number of hydrogen-bond acceptors (Lipinski definition) is 4. The first kappa shape index (κ1) is 22.4. The molecule has 0 atom stereocenters. The largest absolute Gasteiger partial charge is 0.493 e. The summed E-state index contributed by atoms with van der Waals surface area (Å²) in [5.74, 6) is 2.77. The normalized spacial score (nSPS) is 11.2. The quantitative estimate of drug-likeness (QED) is 0.498. The zero-order chi connectivity index (χ0) is 21.2. The van der Waals surface area contributed by atoms with Crippen LogP contribution in [0.15, 0.2) is 35.3 Å². The molecule has 2 rings (SSSR count). The fourth-order valence-corrected chi connectivity index (χ4v) is 3.20. The number of methoxy groups -OCH3 is 3. The Kier molecular flexibility index (Phi) is 8.65. The van der Waals surface area contributed by atoms with Crippen LogP contribution in [0.1, 0.15) is 29.2 Å². The maximum atomic E-state index is 5.56. The fraction of sp³-hybridized carbons (Fsp3) is 0.435. The molecule has 0 aliphatic carbocycles. The van der Waals surface area contributed by atoms with Gasteiger partial charge in [0.15, 0.2) is 17.5 Å². The lowest BCUT2D eigenvalue weighted by Gasteiger charge is -2.16. The van der Waals surface area contributed by atoms with E-state index < -0.39 is 0 Å². The van der Waals surface area contributed by atoms with E-state index in [0.717, 1.165) is 24.5 Å². The average molecular weight is 400 g/mol. The molecule has 0 aliphatic rings. The topological polar surface area (TPSA) is 64.1 Å². The molecule has 2 aromatic rings. The van der Waals surface area contributed by atoms with E-state index in [-0.39, 0.29) is 0 Å². The predicted molar refractivity (Wildman–Crippen MR) is 119 cm³/mol. The van der Waals surface area contributed by atoms with E-state index in [9.17, 15) is 0 Å². The van der Waals surface area contributed by atoms with Gasteiger partial charge >= 0.3 is 0 Å². The fourth-order valence-electron chi connectivity index (χ4n) is 3.20. The van der Waals surface area contributed by atoms with Crippen molar-refractivity contribution in [2.45, 2.75) is 33.7 Å². The Morgan fingerprint density at radius 1 is 0.897 bits per heavy atom. The second-order valence-electron chi connectivity index (χ2n) is 6.80. The van der Waals surface area contributed by atoms with Crippen molar-refractivity contribution < 1.29 is 14.2 Å². The van der Waals surface area contributed by atoms with Crippen LogP contribution >= 0.6 is 0 Å². The van der Waals surface area contributed by atoms with Gasteiger partial charge in [-0.25, -0.2) is 4.99 Å². The van der Waals surface area contributed by atoms with Gasteiger partial charge in [-0.1, -0.05) is 29.8 Å². The summed E-state index contributed by atoms with van der Waals surface area (Å²) in [7, 11) is 4.88. The summed E-state index contributed by atoms with van der Waals surface area (Å²) < 4.78 is 16.4. The third-order valence-electron chi connectivity index (χ3n) is 4.72. The Balaban J connectivity index is 2.05. The van der Waals surface area contributed by atoms with E-state index in [0.29, 0.717) is 30.3 Å². The highest BCUT2D eigenvalue weighted by atomic mass is 16.5. The van der Waals surface area contributed by atoms with E-state index in [2.05, 4.69) is 49.6 Å². The lowest BCUT2D eigenvalue weighted by Crippen LogP contribution is -2.38. The van der Waals surface area contributed by atoms with Crippen LogP contribution in [0.5, 0.6) is 17.2 Å². The van der Waals surface area contributed by atoms with Crippen molar-refractivity contribution in [2.24, 2.45) is 4.99 Å². The van der Waals surface area contributed by atoms with Crippen LogP contribution in [0, 0.1) is 13.8 Å². The van der Waals surface area contributed by atoms with Crippen molar-refractivity contribution in [1.82, 2.24) is 10.6 Å². The number of ether oxygens (including phenoxy) is 3. The second-order valence-corrected chi connectivity index (χ2v) is 6.80. The standard InChI is InChI=1S/C23H33N3O3/c1-7-24-23(26-15-19-9-8-16(2)14-17(19)3)25-13-12-18-10-11-20(27-4)22(29-6)21(18)28-5/h8-11,14H,7,12-13,15H2,1-6H3,(H2,24,25,26). The molecule has 2 aromatic carbocycles. The van der Waals surface area contributed by atoms with Gasteiger partial charge in [0.05, 0.1) is 27.9 Å². The molecule has 0 saturated heterocycles. The molecule has 0 heterocycles. The molecule has 158 valence electrons. The smallest absolute Gasteiger partial charge is 0.203 e. The summed E-state index contributed by atoms with van der Waals surface area (Å²) in [6, 6.07) is 10.4. The number of guanidine groups is 1. The molecule has 0 bridgehead atoms. The van der Waals surface area contributed by atoms with Crippen LogP contribution in [-0.4, -0.2) is 40.4 Å². The molecule has 0 amide bonds. The summed E-state index contributed by atoms with van der Waals surface area (Å²) in [6.07, 6.45) is 0.761. The van der Waals surface area contributed by atoms with Gasteiger partial charge < -0.3 is 24.8 Å². The molecule has 6 nitrogen and oxygen atoms in total. The van der Waals surface area contributed by atoms with E-state index in [1.807, 2.05) is 12.1 Å². The van der Waals surface area contributed by atoms with Crippen LogP contribution < -0.4 is 24.8 Å². The summed E-state index contributed by atoms with van der Waals surface area (Å²) in [6.45, 7) is 8.45. The van der Waals surface area contributed by atoms with Gasteiger partial charge in [-0.3, -0.25) is 0 Å². The summed E-state index contributed by atoms with van der Waals surface area (Å²) in [4.78, 5) is 4.73. The minimum atomic E-state index is 0.614. The average Bonchev–Trinajstić information content (AvgIpc) is 2.72. The van der Waals surface area contributed by atoms with Gasteiger partial charge in [-0.2, -0.15) is 0 Å². The number of nitrogens with zero attached hydrogens (tertiary/aromatic N) is 1. The molecule has 0 spiro atoms. The molecule has 0 unspecified atom stereocenters. The van der Waals surface area contributed by atoms with Crippen LogP contribution in [-0.2, 0) is 13.0 Å². The van der Waals surface area contributed by atoms with Crippen molar-refractivity contribution in [3.05, 3.63) is 52.6 Å². The van der Waals surface area contributed by atoms with E-state index >= 15 is 0 Å². The van der Waals surface area contributed by atoms with Gasteiger partial charge in [-0.05, 0) is 44.4 Å². The Hall–Kier alpha value is -2.89. The number of hydrogen-bond donors (Lipinski definition) is 2. The van der Waals surface area contributed by atoms with Gasteiger partial charge in [0.25, 0.3) is 0 Å². The Labute approximate surface area is 174 Å². The minimum absolute atomic E-state index is 0.614. The summed E-state index contributed by atoms with van der Waals surface area (Å²) in [5.41, 5.74) is 4.81. The highest BCUT2D eigenvalue weighted by Gasteiger charge is 2.15. The predicted octanol–water partition coefficient (Wildman–Crippen LogP) is 3.63. The zero-order valence-corrected chi connectivity index (χ0v) is 18.4. The number of benzene rings is 2. The molecule has 0 saturated carbocycles. The monoisotopic (exact) mass is 399 g/mol. The molecular weight excluding hydrogens is 366 g/mol. The third-order valence-corrected chi connectivity index (χ3v) is 4.72. The second kappa shape index (κ2) is 11.2. The van der Waals surface area contributed by atoms with Gasteiger partial charge in [0.2, 0.25) is 5.75 Å². The van der Waals surface area contributed by atoms with Crippen molar-refractivity contribution >= 4 is 5.96 Å². The van der Waals surface area contributed by atoms with Crippen LogP contribution in [0.2, 0.25) is 0 Å². The Bertz CT molecular complexity index is 834.